The Balaban J connectivity index is 2.31. The molecule has 106 valence electrons. The molecule has 0 bridgehead atoms. The van der Waals surface area contributed by atoms with Gasteiger partial charge in [-0.05, 0) is 46.4 Å². The summed E-state index contributed by atoms with van der Waals surface area (Å²) >= 11 is 1.91. The first kappa shape index (κ1) is 15.1. The van der Waals surface area contributed by atoms with Gasteiger partial charge in [-0.3, -0.25) is 10.1 Å². The van der Waals surface area contributed by atoms with Crippen molar-refractivity contribution in [3.8, 4) is 11.8 Å². The number of rotatable bonds is 4. The molecular formula is C14H10IN3O3. The Morgan fingerprint density at radius 3 is 2.76 bits per heavy atom. The van der Waals surface area contributed by atoms with Crippen LogP contribution in [0.25, 0.3) is 0 Å². The van der Waals surface area contributed by atoms with Crippen LogP contribution in [-0.2, 0) is 6.61 Å². The summed E-state index contributed by atoms with van der Waals surface area (Å²) in [7, 11) is 0. The van der Waals surface area contributed by atoms with Gasteiger partial charge < -0.3 is 10.5 Å². The third kappa shape index (κ3) is 3.61. The molecule has 0 aromatic heterocycles. The first-order chi connectivity index (χ1) is 10.0. The number of hydrogen-bond acceptors (Lipinski definition) is 5. The molecule has 0 unspecified atom stereocenters. The zero-order valence-corrected chi connectivity index (χ0v) is 12.9. The smallest absolute Gasteiger partial charge is 0.313 e. The highest BCUT2D eigenvalue weighted by Gasteiger charge is 2.20. The topological polar surface area (TPSA) is 102 Å². The van der Waals surface area contributed by atoms with Gasteiger partial charge in [0.2, 0.25) is 5.75 Å². The first-order valence-corrected chi connectivity index (χ1v) is 6.94. The van der Waals surface area contributed by atoms with Gasteiger partial charge >= 0.3 is 5.69 Å². The second-order valence-electron chi connectivity index (χ2n) is 4.21. The van der Waals surface area contributed by atoms with E-state index in [-0.39, 0.29) is 23.6 Å². The third-order valence-electron chi connectivity index (χ3n) is 2.68. The highest BCUT2D eigenvalue weighted by molar-refractivity contribution is 14.1. The van der Waals surface area contributed by atoms with Crippen molar-refractivity contribution in [2.45, 2.75) is 6.61 Å². The zero-order valence-electron chi connectivity index (χ0n) is 10.7. The molecule has 0 atom stereocenters. The van der Waals surface area contributed by atoms with Crippen LogP contribution < -0.4 is 10.5 Å². The first-order valence-electron chi connectivity index (χ1n) is 5.86. The van der Waals surface area contributed by atoms with Crippen molar-refractivity contribution in [2.75, 3.05) is 5.73 Å². The van der Waals surface area contributed by atoms with Gasteiger partial charge in [-0.25, -0.2) is 0 Å². The highest BCUT2D eigenvalue weighted by Crippen LogP contribution is 2.34. The van der Waals surface area contributed by atoms with E-state index >= 15 is 0 Å². The molecule has 0 heterocycles. The molecule has 0 spiro atoms. The van der Waals surface area contributed by atoms with Gasteiger partial charge in [0.15, 0.2) is 0 Å². The maximum atomic E-state index is 11.1. The second-order valence-corrected chi connectivity index (χ2v) is 5.37. The number of benzene rings is 2. The SMILES string of the molecule is N#Cc1cc(I)c(OCc2cccc(N)c2)c([N+](=O)[O-])c1. The fraction of sp³-hybridized carbons (Fsp3) is 0.0714. The number of nitrogens with two attached hydrogens (primary N) is 1. The number of halogens is 1. The summed E-state index contributed by atoms with van der Waals surface area (Å²) in [5, 5.41) is 20.0. The molecule has 0 fully saturated rings. The van der Waals surface area contributed by atoms with E-state index in [4.69, 9.17) is 15.7 Å². The molecule has 0 amide bonds. The van der Waals surface area contributed by atoms with Crippen molar-refractivity contribution in [3.05, 3.63) is 61.2 Å². The van der Waals surface area contributed by atoms with E-state index in [2.05, 4.69) is 0 Å². The zero-order chi connectivity index (χ0) is 15.4. The van der Waals surface area contributed by atoms with E-state index in [0.29, 0.717) is 9.26 Å². The molecule has 2 N–H and O–H groups in total. The van der Waals surface area contributed by atoms with E-state index in [1.54, 1.807) is 24.3 Å². The van der Waals surface area contributed by atoms with Gasteiger partial charge in [0.25, 0.3) is 0 Å². The van der Waals surface area contributed by atoms with E-state index < -0.39 is 4.92 Å². The van der Waals surface area contributed by atoms with Crippen molar-refractivity contribution in [2.24, 2.45) is 0 Å². The molecule has 0 aliphatic rings. The minimum absolute atomic E-state index is 0.155. The lowest BCUT2D eigenvalue weighted by atomic mass is 10.2. The van der Waals surface area contributed by atoms with Crippen molar-refractivity contribution in [3.63, 3.8) is 0 Å². The highest BCUT2D eigenvalue weighted by atomic mass is 127. The summed E-state index contributed by atoms with van der Waals surface area (Å²) in [6.07, 6.45) is 0. The van der Waals surface area contributed by atoms with Crippen LogP contribution in [0.2, 0.25) is 0 Å². The minimum atomic E-state index is -0.558. The van der Waals surface area contributed by atoms with Gasteiger partial charge in [-0.2, -0.15) is 5.26 Å². The van der Waals surface area contributed by atoms with Crippen molar-refractivity contribution in [1.82, 2.24) is 0 Å². The van der Waals surface area contributed by atoms with Crippen LogP contribution in [0.3, 0.4) is 0 Å². The molecule has 21 heavy (non-hydrogen) atoms. The number of anilines is 1. The van der Waals surface area contributed by atoms with Crippen LogP contribution in [0.5, 0.6) is 5.75 Å². The molecule has 2 rings (SSSR count). The van der Waals surface area contributed by atoms with Crippen LogP contribution in [-0.4, -0.2) is 4.92 Å². The third-order valence-corrected chi connectivity index (χ3v) is 3.49. The predicted molar refractivity (Wildman–Crippen MR) is 85.7 cm³/mol. The molecule has 2 aromatic carbocycles. The standard InChI is InChI=1S/C14H10IN3O3/c15-12-5-10(7-16)6-13(18(19)20)14(12)21-8-9-2-1-3-11(17)4-9/h1-6H,8,17H2. The molecule has 2 aromatic rings. The quantitative estimate of drug-likeness (QED) is 0.371. The molecule has 7 heteroatoms. The summed E-state index contributed by atoms with van der Waals surface area (Å²) in [5.41, 5.74) is 7.08. The van der Waals surface area contributed by atoms with Crippen molar-refractivity contribution < 1.29 is 9.66 Å². The number of nitrogens with zero attached hydrogens (tertiary/aromatic N) is 2. The molecular weight excluding hydrogens is 385 g/mol. The van der Waals surface area contributed by atoms with Crippen LogP contribution in [0, 0.1) is 25.0 Å². The lowest BCUT2D eigenvalue weighted by molar-refractivity contribution is -0.386. The fourth-order valence-corrected chi connectivity index (χ4v) is 2.53. The van der Waals surface area contributed by atoms with Crippen LogP contribution >= 0.6 is 22.6 Å². The van der Waals surface area contributed by atoms with E-state index in [9.17, 15) is 10.1 Å². The van der Waals surface area contributed by atoms with Gasteiger partial charge in [0.1, 0.15) is 6.61 Å². The van der Waals surface area contributed by atoms with Crippen molar-refractivity contribution in [1.29, 1.82) is 5.26 Å². The second kappa shape index (κ2) is 6.41. The van der Waals surface area contributed by atoms with E-state index in [1.807, 2.05) is 34.7 Å². The largest absolute Gasteiger partial charge is 0.481 e. The van der Waals surface area contributed by atoms with Gasteiger partial charge in [0, 0.05) is 11.8 Å². The maximum absolute atomic E-state index is 11.1. The van der Waals surface area contributed by atoms with Gasteiger partial charge in [-0.1, -0.05) is 12.1 Å². The molecule has 0 saturated carbocycles. The molecule has 0 aliphatic carbocycles. The van der Waals surface area contributed by atoms with E-state index in [1.165, 1.54) is 6.07 Å². The summed E-state index contributed by atoms with van der Waals surface area (Å²) in [4.78, 5) is 10.5. The van der Waals surface area contributed by atoms with Crippen LogP contribution in [0.4, 0.5) is 11.4 Å². The van der Waals surface area contributed by atoms with Crippen LogP contribution in [0.1, 0.15) is 11.1 Å². The lowest BCUT2D eigenvalue weighted by Gasteiger charge is -2.09. The molecule has 6 nitrogen and oxygen atoms in total. The van der Waals surface area contributed by atoms with Gasteiger partial charge in [0.05, 0.1) is 20.1 Å². The number of nitro groups is 1. The Bertz CT molecular complexity index is 741. The Hall–Kier alpha value is -2.34. The number of ether oxygens (including phenoxy) is 1. The Kier molecular flexibility index (Phi) is 4.59. The van der Waals surface area contributed by atoms with Gasteiger partial charge in [-0.15, -0.1) is 0 Å². The summed E-state index contributed by atoms with van der Waals surface area (Å²) in [5.74, 6) is 0.155. The fourth-order valence-electron chi connectivity index (χ4n) is 1.76. The lowest BCUT2D eigenvalue weighted by Crippen LogP contribution is -2.02. The normalized spacial score (nSPS) is 9.90. The van der Waals surface area contributed by atoms with Crippen LogP contribution in [0.15, 0.2) is 36.4 Å². The molecule has 0 saturated heterocycles. The van der Waals surface area contributed by atoms with E-state index in [0.717, 1.165) is 5.56 Å². The Morgan fingerprint density at radius 1 is 1.38 bits per heavy atom. The Labute approximate surface area is 134 Å². The minimum Gasteiger partial charge on any atom is -0.481 e. The summed E-state index contributed by atoms with van der Waals surface area (Å²) in [6.45, 7) is 0.160. The molecule has 0 radical (unpaired) electrons. The summed E-state index contributed by atoms with van der Waals surface area (Å²) in [6, 6.07) is 11.7. The predicted octanol–water partition coefficient (Wildman–Crippen LogP) is 3.23. The average Bonchev–Trinajstić information content (AvgIpc) is 2.45. The average molecular weight is 395 g/mol. The summed E-state index contributed by atoms with van der Waals surface area (Å²) < 4.78 is 6.07. The number of nitriles is 1. The monoisotopic (exact) mass is 395 g/mol. The Morgan fingerprint density at radius 2 is 2.14 bits per heavy atom. The number of nitrogen functional groups attached to an aromatic ring is 1. The maximum Gasteiger partial charge on any atom is 0.313 e. The molecule has 0 aliphatic heterocycles. The van der Waals surface area contributed by atoms with Crippen molar-refractivity contribution >= 4 is 34.0 Å². The number of nitro benzene ring substituents is 1. The number of hydrogen-bond donors (Lipinski definition) is 1.